The van der Waals surface area contributed by atoms with Crippen LogP contribution in [0.3, 0.4) is 0 Å². The van der Waals surface area contributed by atoms with Crippen LogP contribution in [0.2, 0.25) is 0 Å². The van der Waals surface area contributed by atoms with Gasteiger partial charge in [0.15, 0.2) is 0 Å². The molecular formula is C15H16N2S. The van der Waals surface area contributed by atoms with Crippen LogP contribution in [0.5, 0.6) is 0 Å². The molecule has 0 amide bonds. The van der Waals surface area contributed by atoms with Gasteiger partial charge >= 0.3 is 0 Å². The minimum Gasteiger partial charge on any atom is -0.369 e. The first-order valence-corrected chi connectivity index (χ1v) is 6.83. The number of nitrogens with zero attached hydrogens (tertiary/aromatic N) is 2. The lowest BCUT2D eigenvalue weighted by molar-refractivity contribution is 0.940. The molecule has 1 heterocycles. The van der Waals surface area contributed by atoms with Gasteiger partial charge in [-0.05, 0) is 42.8 Å². The molecule has 18 heavy (non-hydrogen) atoms. The minimum atomic E-state index is 0.705. The Morgan fingerprint density at radius 1 is 1.11 bits per heavy atom. The summed E-state index contributed by atoms with van der Waals surface area (Å²) in [6, 6.07) is 14.2. The molecule has 1 aromatic heterocycles. The van der Waals surface area contributed by atoms with E-state index >= 15 is 0 Å². The number of nitriles is 1. The first kappa shape index (κ1) is 12.7. The monoisotopic (exact) mass is 256 g/mol. The van der Waals surface area contributed by atoms with E-state index in [1.54, 1.807) is 0 Å². The summed E-state index contributed by atoms with van der Waals surface area (Å²) in [5.74, 6) is 0. The Kier molecular flexibility index (Phi) is 4.01. The smallest absolute Gasteiger partial charge is 0.0991 e. The van der Waals surface area contributed by atoms with Crippen LogP contribution in [0.25, 0.3) is 0 Å². The summed E-state index contributed by atoms with van der Waals surface area (Å²) in [5.41, 5.74) is 1.84. The molecule has 1 aromatic carbocycles. The summed E-state index contributed by atoms with van der Waals surface area (Å²) in [6.07, 6.45) is 1.10. The average molecular weight is 256 g/mol. The van der Waals surface area contributed by atoms with Gasteiger partial charge in [0.1, 0.15) is 0 Å². The number of thiophene rings is 1. The molecule has 0 fully saturated rings. The SMILES string of the molecule is CCc1ccc(CN(C)c2ccc(C#N)cc2)s1. The third-order valence-corrected chi connectivity index (χ3v) is 4.11. The van der Waals surface area contributed by atoms with Crippen molar-refractivity contribution in [2.75, 3.05) is 11.9 Å². The third-order valence-electron chi connectivity index (χ3n) is 2.90. The van der Waals surface area contributed by atoms with Crippen molar-refractivity contribution in [2.24, 2.45) is 0 Å². The number of aryl methyl sites for hydroxylation is 1. The predicted molar refractivity (Wildman–Crippen MR) is 77.0 cm³/mol. The van der Waals surface area contributed by atoms with Crippen molar-refractivity contribution in [1.29, 1.82) is 5.26 Å². The number of benzene rings is 1. The maximum Gasteiger partial charge on any atom is 0.0991 e. The quantitative estimate of drug-likeness (QED) is 0.831. The van der Waals surface area contributed by atoms with Crippen molar-refractivity contribution in [3.05, 3.63) is 51.7 Å². The molecule has 0 spiro atoms. The lowest BCUT2D eigenvalue weighted by Crippen LogP contribution is -2.15. The first-order chi connectivity index (χ1) is 8.72. The fourth-order valence-corrected chi connectivity index (χ4v) is 2.82. The summed E-state index contributed by atoms with van der Waals surface area (Å²) in [7, 11) is 2.08. The predicted octanol–water partition coefficient (Wildman–Crippen LogP) is 3.82. The van der Waals surface area contributed by atoms with Crippen molar-refractivity contribution in [2.45, 2.75) is 19.9 Å². The van der Waals surface area contributed by atoms with Crippen molar-refractivity contribution in [1.82, 2.24) is 0 Å². The third kappa shape index (κ3) is 2.91. The maximum atomic E-state index is 8.77. The van der Waals surface area contributed by atoms with Gasteiger partial charge < -0.3 is 4.90 Å². The molecule has 0 aliphatic carbocycles. The second-order valence-electron chi connectivity index (χ2n) is 4.24. The lowest BCUT2D eigenvalue weighted by Gasteiger charge is -2.18. The van der Waals surface area contributed by atoms with E-state index in [0.29, 0.717) is 5.56 Å². The molecule has 2 nitrogen and oxygen atoms in total. The Labute approximate surface area is 112 Å². The van der Waals surface area contributed by atoms with Crippen LogP contribution >= 0.6 is 11.3 Å². The average Bonchev–Trinajstić information content (AvgIpc) is 2.86. The van der Waals surface area contributed by atoms with Crippen molar-refractivity contribution >= 4 is 17.0 Å². The molecule has 0 unspecified atom stereocenters. The van der Waals surface area contributed by atoms with E-state index in [4.69, 9.17) is 5.26 Å². The van der Waals surface area contributed by atoms with Gasteiger partial charge in [-0.25, -0.2) is 0 Å². The fraction of sp³-hybridized carbons (Fsp3) is 0.267. The Bertz CT molecular complexity index is 549. The molecule has 0 N–H and O–H groups in total. The standard InChI is InChI=1S/C15H16N2S/c1-3-14-8-9-15(18-14)11-17(2)13-6-4-12(10-16)5-7-13/h4-9H,3,11H2,1-2H3. The summed E-state index contributed by atoms with van der Waals surface area (Å²) in [5, 5.41) is 8.77. The van der Waals surface area contributed by atoms with E-state index in [2.05, 4.69) is 37.1 Å². The van der Waals surface area contributed by atoms with Crippen molar-refractivity contribution in [3.63, 3.8) is 0 Å². The van der Waals surface area contributed by atoms with Crippen LogP contribution in [-0.2, 0) is 13.0 Å². The van der Waals surface area contributed by atoms with Gasteiger partial charge in [0.25, 0.3) is 0 Å². The number of hydrogen-bond donors (Lipinski definition) is 0. The summed E-state index contributed by atoms with van der Waals surface area (Å²) in [6.45, 7) is 3.09. The Morgan fingerprint density at radius 2 is 1.78 bits per heavy atom. The molecule has 0 saturated carbocycles. The second kappa shape index (κ2) is 5.70. The molecule has 3 heteroatoms. The summed E-state index contributed by atoms with van der Waals surface area (Å²) < 4.78 is 0. The molecule has 2 aromatic rings. The highest BCUT2D eigenvalue weighted by Gasteiger charge is 2.04. The zero-order valence-electron chi connectivity index (χ0n) is 10.7. The largest absolute Gasteiger partial charge is 0.369 e. The van der Waals surface area contributed by atoms with Gasteiger partial charge in [-0.2, -0.15) is 5.26 Å². The molecule has 0 saturated heterocycles. The van der Waals surface area contributed by atoms with Crippen LogP contribution in [0.1, 0.15) is 22.2 Å². The van der Waals surface area contributed by atoms with Crippen LogP contribution < -0.4 is 4.90 Å². The topological polar surface area (TPSA) is 27.0 Å². The van der Waals surface area contributed by atoms with E-state index in [0.717, 1.165) is 18.7 Å². The van der Waals surface area contributed by atoms with E-state index in [1.165, 1.54) is 9.75 Å². The van der Waals surface area contributed by atoms with Crippen molar-refractivity contribution < 1.29 is 0 Å². The highest BCUT2D eigenvalue weighted by atomic mass is 32.1. The van der Waals surface area contributed by atoms with Gasteiger partial charge in [-0.15, -0.1) is 11.3 Å². The Morgan fingerprint density at radius 3 is 2.33 bits per heavy atom. The van der Waals surface area contributed by atoms with Gasteiger partial charge in [0, 0.05) is 22.5 Å². The molecule has 0 atom stereocenters. The van der Waals surface area contributed by atoms with Crippen LogP contribution in [0.4, 0.5) is 5.69 Å². The van der Waals surface area contributed by atoms with Crippen LogP contribution in [-0.4, -0.2) is 7.05 Å². The summed E-state index contributed by atoms with van der Waals surface area (Å²) in [4.78, 5) is 5.00. The van der Waals surface area contributed by atoms with Crippen LogP contribution in [0.15, 0.2) is 36.4 Å². The highest BCUT2D eigenvalue weighted by Crippen LogP contribution is 2.21. The van der Waals surface area contributed by atoms with Gasteiger partial charge in [-0.3, -0.25) is 0 Å². The number of hydrogen-bond acceptors (Lipinski definition) is 3. The first-order valence-electron chi connectivity index (χ1n) is 6.02. The van der Waals surface area contributed by atoms with E-state index < -0.39 is 0 Å². The second-order valence-corrected chi connectivity index (χ2v) is 5.49. The molecular weight excluding hydrogens is 240 g/mol. The number of anilines is 1. The van der Waals surface area contributed by atoms with Crippen LogP contribution in [0, 0.1) is 11.3 Å². The highest BCUT2D eigenvalue weighted by molar-refractivity contribution is 7.12. The normalized spacial score (nSPS) is 10.1. The Hall–Kier alpha value is -1.79. The van der Waals surface area contributed by atoms with E-state index in [9.17, 15) is 0 Å². The molecule has 0 aliphatic rings. The molecule has 92 valence electrons. The van der Waals surface area contributed by atoms with E-state index in [-0.39, 0.29) is 0 Å². The maximum absolute atomic E-state index is 8.77. The van der Waals surface area contributed by atoms with Gasteiger partial charge in [0.05, 0.1) is 18.2 Å². The zero-order chi connectivity index (χ0) is 13.0. The Balaban J connectivity index is 2.06. The van der Waals surface area contributed by atoms with Crippen molar-refractivity contribution in [3.8, 4) is 6.07 Å². The molecule has 0 radical (unpaired) electrons. The fourth-order valence-electron chi connectivity index (χ4n) is 1.81. The number of rotatable bonds is 4. The van der Waals surface area contributed by atoms with E-state index in [1.807, 2.05) is 35.6 Å². The molecule has 2 rings (SSSR count). The zero-order valence-corrected chi connectivity index (χ0v) is 11.5. The molecule has 0 bridgehead atoms. The van der Waals surface area contributed by atoms with Gasteiger partial charge in [0.2, 0.25) is 0 Å². The lowest BCUT2D eigenvalue weighted by atomic mass is 10.2. The van der Waals surface area contributed by atoms with Gasteiger partial charge in [-0.1, -0.05) is 6.92 Å². The molecule has 0 aliphatic heterocycles. The summed E-state index contributed by atoms with van der Waals surface area (Å²) >= 11 is 1.87. The minimum absolute atomic E-state index is 0.705.